The molecular weight excluding hydrogens is 483 g/mol. The van der Waals surface area contributed by atoms with Gasteiger partial charge in [-0.25, -0.2) is 4.39 Å². The summed E-state index contributed by atoms with van der Waals surface area (Å²) in [6.07, 6.45) is 5.78. The van der Waals surface area contributed by atoms with Gasteiger partial charge in [-0.1, -0.05) is 44.2 Å². The maximum Gasteiger partial charge on any atom is 0.264 e. The molecule has 1 saturated carbocycles. The molecule has 1 aliphatic carbocycles. The zero-order valence-corrected chi connectivity index (χ0v) is 20.8. The molecule has 2 unspecified atom stereocenters. The lowest BCUT2D eigenvalue weighted by atomic mass is 9.84. The number of hydrogen-bond acceptors (Lipinski definition) is 5. The molecule has 1 aromatic carbocycles. The minimum atomic E-state index is -1.01. The Hall–Kier alpha value is -3.27. The number of amides is 4. The average molecular weight is 515 g/mol. The topological polar surface area (TPSA) is 113 Å². The number of halogens is 1. The highest BCUT2D eigenvalue weighted by Gasteiger charge is 2.39. The molecule has 0 radical (unpaired) electrons. The minimum Gasteiger partial charge on any atom is -0.368 e. The molecule has 4 amide bonds. The van der Waals surface area contributed by atoms with Crippen molar-refractivity contribution >= 4 is 35.0 Å². The van der Waals surface area contributed by atoms with Gasteiger partial charge in [-0.3, -0.25) is 19.2 Å². The van der Waals surface area contributed by atoms with Crippen LogP contribution in [0.3, 0.4) is 0 Å². The van der Waals surface area contributed by atoms with Crippen LogP contribution >= 0.6 is 11.3 Å². The SMILES string of the molecule is NC(=O)C(CC1CCCCC1)NC(=O)C1CN(C(=O)c2cccc(F)c2)CCN1C(=O)c1cccs1. The van der Waals surface area contributed by atoms with Gasteiger partial charge in [0.15, 0.2) is 0 Å². The maximum atomic E-state index is 13.7. The van der Waals surface area contributed by atoms with Crippen molar-refractivity contribution in [1.29, 1.82) is 0 Å². The van der Waals surface area contributed by atoms with E-state index >= 15 is 0 Å². The van der Waals surface area contributed by atoms with E-state index in [2.05, 4.69) is 5.32 Å². The van der Waals surface area contributed by atoms with Crippen molar-refractivity contribution in [1.82, 2.24) is 15.1 Å². The van der Waals surface area contributed by atoms with Crippen molar-refractivity contribution in [2.24, 2.45) is 11.7 Å². The third kappa shape index (κ3) is 6.10. The Bertz CT molecular complexity index is 1100. The first kappa shape index (κ1) is 25.8. The second-order valence-electron chi connectivity index (χ2n) is 9.46. The summed E-state index contributed by atoms with van der Waals surface area (Å²) >= 11 is 1.27. The monoisotopic (exact) mass is 514 g/mol. The van der Waals surface area contributed by atoms with Gasteiger partial charge in [0.1, 0.15) is 17.9 Å². The van der Waals surface area contributed by atoms with E-state index < -0.39 is 35.6 Å². The van der Waals surface area contributed by atoms with Crippen LogP contribution in [0.1, 0.15) is 58.6 Å². The van der Waals surface area contributed by atoms with Gasteiger partial charge in [0.25, 0.3) is 11.8 Å². The van der Waals surface area contributed by atoms with E-state index in [-0.39, 0.29) is 31.1 Å². The normalized spacial score (nSPS) is 19.5. The molecule has 1 saturated heterocycles. The number of thiophene rings is 1. The fourth-order valence-electron chi connectivity index (χ4n) is 5.05. The molecule has 2 heterocycles. The quantitative estimate of drug-likeness (QED) is 0.592. The Balaban J connectivity index is 1.53. The molecule has 1 aliphatic heterocycles. The number of nitrogens with two attached hydrogens (primary N) is 1. The summed E-state index contributed by atoms with van der Waals surface area (Å²) in [7, 11) is 0. The molecule has 36 heavy (non-hydrogen) atoms. The Morgan fingerprint density at radius 1 is 1.06 bits per heavy atom. The van der Waals surface area contributed by atoms with Crippen molar-refractivity contribution < 1.29 is 23.6 Å². The van der Waals surface area contributed by atoms with Gasteiger partial charge in [-0.2, -0.15) is 0 Å². The molecule has 2 atom stereocenters. The fraction of sp³-hybridized carbons (Fsp3) is 0.462. The number of piperazine rings is 1. The molecule has 2 aliphatic rings. The Morgan fingerprint density at radius 3 is 2.50 bits per heavy atom. The van der Waals surface area contributed by atoms with E-state index in [9.17, 15) is 23.6 Å². The van der Waals surface area contributed by atoms with Crippen molar-refractivity contribution in [3.63, 3.8) is 0 Å². The number of nitrogens with one attached hydrogen (secondary N) is 1. The number of hydrogen-bond donors (Lipinski definition) is 2. The van der Waals surface area contributed by atoms with Crippen molar-refractivity contribution in [2.75, 3.05) is 19.6 Å². The van der Waals surface area contributed by atoms with E-state index in [1.807, 2.05) is 0 Å². The number of nitrogens with zero attached hydrogens (tertiary/aromatic N) is 2. The first-order valence-electron chi connectivity index (χ1n) is 12.3. The van der Waals surface area contributed by atoms with Gasteiger partial charge in [-0.15, -0.1) is 11.3 Å². The molecule has 0 spiro atoms. The number of benzene rings is 1. The predicted octanol–water partition coefficient (Wildman–Crippen LogP) is 2.79. The number of rotatable bonds is 7. The van der Waals surface area contributed by atoms with Crippen LogP contribution < -0.4 is 11.1 Å². The third-order valence-electron chi connectivity index (χ3n) is 6.99. The van der Waals surface area contributed by atoms with Crippen molar-refractivity contribution in [3.05, 3.63) is 58.0 Å². The van der Waals surface area contributed by atoms with Crippen LogP contribution in [0.25, 0.3) is 0 Å². The smallest absolute Gasteiger partial charge is 0.264 e. The lowest BCUT2D eigenvalue weighted by Gasteiger charge is -2.41. The zero-order chi connectivity index (χ0) is 25.7. The molecule has 2 aromatic rings. The molecule has 1 aromatic heterocycles. The first-order valence-corrected chi connectivity index (χ1v) is 13.2. The van der Waals surface area contributed by atoms with Gasteiger partial charge in [0.05, 0.1) is 11.4 Å². The lowest BCUT2D eigenvalue weighted by molar-refractivity contribution is -0.131. The Kier molecular flexibility index (Phi) is 8.35. The average Bonchev–Trinajstić information content (AvgIpc) is 3.43. The lowest BCUT2D eigenvalue weighted by Crippen LogP contribution is -2.63. The summed E-state index contributed by atoms with van der Waals surface area (Å²) in [4.78, 5) is 55.3. The third-order valence-corrected chi connectivity index (χ3v) is 7.85. The second kappa shape index (κ2) is 11.6. The number of primary amides is 1. The van der Waals surface area contributed by atoms with E-state index in [0.717, 1.165) is 31.7 Å². The van der Waals surface area contributed by atoms with E-state index in [1.54, 1.807) is 17.5 Å². The minimum absolute atomic E-state index is 0.0762. The molecule has 3 N–H and O–H groups in total. The summed E-state index contributed by atoms with van der Waals surface area (Å²) in [5.74, 6) is -2.12. The Morgan fingerprint density at radius 2 is 1.83 bits per heavy atom. The number of carbonyl (C=O) groups excluding carboxylic acids is 4. The van der Waals surface area contributed by atoms with Gasteiger partial charge >= 0.3 is 0 Å². The van der Waals surface area contributed by atoms with Crippen LogP contribution in [-0.2, 0) is 9.59 Å². The largest absolute Gasteiger partial charge is 0.368 e. The summed E-state index contributed by atoms with van der Waals surface area (Å²) in [6.45, 7) is 0.241. The van der Waals surface area contributed by atoms with E-state index in [4.69, 9.17) is 5.73 Å². The summed E-state index contributed by atoms with van der Waals surface area (Å²) < 4.78 is 13.7. The predicted molar refractivity (Wildman–Crippen MR) is 134 cm³/mol. The molecule has 8 nitrogen and oxygen atoms in total. The molecule has 10 heteroatoms. The highest BCUT2D eigenvalue weighted by Crippen LogP contribution is 2.27. The molecular formula is C26H31FN4O4S. The standard InChI is InChI=1S/C26H31FN4O4S/c27-19-9-4-8-18(15-19)25(34)30-11-12-31(26(35)22-10-5-13-36-22)21(16-30)24(33)29-20(23(28)32)14-17-6-2-1-3-7-17/h4-5,8-10,13,15,17,20-21H,1-3,6-7,11-12,14,16H2,(H2,28,32)(H,29,33). The molecule has 2 fully saturated rings. The number of carbonyl (C=O) groups is 4. The van der Waals surface area contributed by atoms with Crippen LogP contribution in [0.2, 0.25) is 0 Å². The van der Waals surface area contributed by atoms with Crippen LogP contribution in [0.15, 0.2) is 41.8 Å². The van der Waals surface area contributed by atoms with Crippen LogP contribution in [-0.4, -0.2) is 65.1 Å². The maximum absolute atomic E-state index is 13.7. The van der Waals surface area contributed by atoms with E-state index in [1.165, 1.54) is 45.8 Å². The van der Waals surface area contributed by atoms with Crippen LogP contribution in [0, 0.1) is 11.7 Å². The van der Waals surface area contributed by atoms with Gasteiger partial charge in [0.2, 0.25) is 11.8 Å². The summed E-state index contributed by atoms with van der Waals surface area (Å²) in [5.41, 5.74) is 5.80. The van der Waals surface area contributed by atoms with Gasteiger partial charge < -0.3 is 20.9 Å². The second-order valence-corrected chi connectivity index (χ2v) is 10.4. The van der Waals surface area contributed by atoms with Gasteiger partial charge in [0, 0.05) is 18.7 Å². The molecule has 4 rings (SSSR count). The first-order chi connectivity index (χ1) is 17.3. The summed E-state index contributed by atoms with van der Waals surface area (Å²) in [6, 6.07) is 6.93. The molecule has 0 bridgehead atoms. The van der Waals surface area contributed by atoms with Gasteiger partial charge in [-0.05, 0) is 42.0 Å². The van der Waals surface area contributed by atoms with Crippen LogP contribution in [0.5, 0.6) is 0 Å². The van der Waals surface area contributed by atoms with Crippen molar-refractivity contribution in [2.45, 2.75) is 50.6 Å². The van der Waals surface area contributed by atoms with Crippen LogP contribution in [0.4, 0.5) is 4.39 Å². The summed E-state index contributed by atoms with van der Waals surface area (Å²) in [5, 5.41) is 4.55. The fourth-order valence-corrected chi connectivity index (χ4v) is 5.73. The highest BCUT2D eigenvalue weighted by molar-refractivity contribution is 7.12. The van der Waals surface area contributed by atoms with Crippen molar-refractivity contribution in [3.8, 4) is 0 Å². The van der Waals surface area contributed by atoms with E-state index in [0.29, 0.717) is 17.2 Å². The highest BCUT2D eigenvalue weighted by atomic mass is 32.1. The Labute approximate surface area is 213 Å². The molecule has 192 valence electrons. The zero-order valence-electron chi connectivity index (χ0n) is 20.0.